The second-order valence-corrected chi connectivity index (χ2v) is 6.13. The number of fused-ring (bicyclic) bond motifs is 1. The molecule has 0 atom stereocenters. The van der Waals surface area contributed by atoms with Crippen LogP contribution in [0.4, 0.5) is 0 Å². The van der Waals surface area contributed by atoms with Gasteiger partial charge in [0, 0.05) is 24.1 Å². The van der Waals surface area contributed by atoms with Crippen molar-refractivity contribution < 1.29 is 17.9 Å². The minimum absolute atomic E-state index is 0.141. The van der Waals surface area contributed by atoms with E-state index in [0.29, 0.717) is 44.1 Å². The van der Waals surface area contributed by atoms with Crippen molar-refractivity contribution in [3.63, 3.8) is 0 Å². The third kappa shape index (κ3) is 4.25. The smallest absolute Gasteiger partial charge is 0.240 e. The predicted octanol–water partition coefficient (Wildman–Crippen LogP) is 1.83. The van der Waals surface area contributed by atoms with Crippen molar-refractivity contribution in [1.82, 2.24) is 4.72 Å². The first-order valence-corrected chi connectivity index (χ1v) is 8.02. The minimum atomic E-state index is -3.58. The second kappa shape index (κ2) is 7.16. The maximum Gasteiger partial charge on any atom is 0.240 e. The van der Waals surface area contributed by atoms with Crippen LogP contribution in [0.25, 0.3) is 10.4 Å². The quantitative estimate of drug-likeness (QED) is 0.358. The van der Waals surface area contributed by atoms with Crippen molar-refractivity contribution in [1.29, 1.82) is 0 Å². The summed E-state index contributed by atoms with van der Waals surface area (Å²) in [5, 5.41) is 3.39. The van der Waals surface area contributed by atoms with Crippen LogP contribution in [-0.2, 0) is 10.0 Å². The fourth-order valence-electron chi connectivity index (χ4n) is 1.83. The highest BCUT2D eigenvalue weighted by molar-refractivity contribution is 7.89. The molecular weight excluding hydrogens is 296 g/mol. The summed E-state index contributed by atoms with van der Waals surface area (Å²) >= 11 is 0. The monoisotopic (exact) mass is 312 g/mol. The number of nitrogens with one attached hydrogen (secondary N) is 1. The molecule has 1 aromatic carbocycles. The van der Waals surface area contributed by atoms with Gasteiger partial charge in [-0.2, -0.15) is 0 Å². The Labute approximate surface area is 122 Å². The predicted molar refractivity (Wildman–Crippen MR) is 75.9 cm³/mol. The topological polar surface area (TPSA) is 113 Å². The highest BCUT2D eigenvalue weighted by atomic mass is 32.2. The number of benzene rings is 1. The van der Waals surface area contributed by atoms with Crippen LogP contribution in [0.5, 0.6) is 11.5 Å². The number of sulfonamides is 1. The van der Waals surface area contributed by atoms with Gasteiger partial charge < -0.3 is 9.47 Å². The maximum atomic E-state index is 12.1. The summed E-state index contributed by atoms with van der Waals surface area (Å²) in [6.45, 7) is 1.52. The molecule has 0 saturated carbocycles. The van der Waals surface area contributed by atoms with Gasteiger partial charge in [-0.05, 0) is 30.5 Å². The molecule has 0 amide bonds. The summed E-state index contributed by atoms with van der Waals surface area (Å²) in [6, 6.07) is 4.53. The molecule has 2 rings (SSSR count). The maximum absolute atomic E-state index is 12.1. The fraction of sp³-hybridized carbons (Fsp3) is 0.500. The molecular formula is C12H16N4O4S. The lowest BCUT2D eigenvalue weighted by Gasteiger charge is -2.18. The van der Waals surface area contributed by atoms with Crippen molar-refractivity contribution >= 4 is 10.0 Å². The molecule has 0 aromatic heterocycles. The van der Waals surface area contributed by atoms with Gasteiger partial charge in [0.25, 0.3) is 0 Å². The van der Waals surface area contributed by atoms with Crippen LogP contribution >= 0.6 is 0 Å². The van der Waals surface area contributed by atoms with E-state index in [1.807, 2.05) is 0 Å². The van der Waals surface area contributed by atoms with Crippen LogP contribution in [0.15, 0.2) is 28.2 Å². The fourth-order valence-corrected chi connectivity index (χ4v) is 2.92. The minimum Gasteiger partial charge on any atom is -0.486 e. The van der Waals surface area contributed by atoms with Crippen LogP contribution in [-0.4, -0.2) is 34.7 Å². The van der Waals surface area contributed by atoms with Crippen LogP contribution in [0.2, 0.25) is 0 Å². The highest BCUT2D eigenvalue weighted by Gasteiger charge is 2.18. The molecule has 0 unspecified atom stereocenters. The van der Waals surface area contributed by atoms with Crippen molar-refractivity contribution in [2.75, 3.05) is 26.3 Å². The zero-order valence-electron chi connectivity index (χ0n) is 11.4. The van der Waals surface area contributed by atoms with Crippen LogP contribution in [0, 0.1) is 0 Å². The van der Waals surface area contributed by atoms with Gasteiger partial charge in [-0.25, -0.2) is 13.1 Å². The molecule has 1 heterocycles. The Bertz CT molecular complexity index is 641. The van der Waals surface area contributed by atoms with E-state index in [1.54, 1.807) is 6.07 Å². The molecule has 1 aliphatic heterocycles. The molecule has 8 nitrogen and oxygen atoms in total. The summed E-state index contributed by atoms with van der Waals surface area (Å²) in [5.74, 6) is 0.988. The summed E-state index contributed by atoms with van der Waals surface area (Å²) < 4.78 is 37.4. The normalized spacial score (nSPS) is 13.5. The van der Waals surface area contributed by atoms with Gasteiger partial charge >= 0.3 is 0 Å². The summed E-state index contributed by atoms with van der Waals surface area (Å²) in [6.07, 6.45) is 1.23. The standard InChI is InChI=1S/C12H16N4O4S/c13-16-14-5-1-2-6-15-21(17,18)10-3-4-11-12(9-10)20-8-7-19-11/h3-4,9,15H,1-2,5-8H2. The summed E-state index contributed by atoms with van der Waals surface area (Å²) in [5.41, 5.74) is 8.12. The van der Waals surface area contributed by atoms with Crippen molar-refractivity contribution in [2.45, 2.75) is 17.7 Å². The summed E-state index contributed by atoms with van der Waals surface area (Å²) in [4.78, 5) is 2.77. The Kier molecular flexibility index (Phi) is 5.26. The van der Waals surface area contributed by atoms with E-state index < -0.39 is 10.0 Å². The van der Waals surface area contributed by atoms with Gasteiger partial charge in [0.05, 0.1) is 4.90 Å². The second-order valence-electron chi connectivity index (χ2n) is 4.36. The Balaban J connectivity index is 1.94. The lowest BCUT2D eigenvalue weighted by molar-refractivity contribution is 0.171. The zero-order valence-corrected chi connectivity index (χ0v) is 12.2. The summed E-state index contributed by atoms with van der Waals surface area (Å²) in [7, 11) is -3.58. The first kappa shape index (κ1) is 15.4. The molecule has 114 valence electrons. The van der Waals surface area contributed by atoms with Crippen LogP contribution in [0.3, 0.4) is 0 Å². The van der Waals surface area contributed by atoms with E-state index in [1.165, 1.54) is 12.1 Å². The number of rotatable bonds is 7. The van der Waals surface area contributed by atoms with Gasteiger partial charge in [-0.3, -0.25) is 0 Å². The van der Waals surface area contributed by atoms with E-state index in [-0.39, 0.29) is 11.4 Å². The Morgan fingerprint density at radius 2 is 2.00 bits per heavy atom. The Morgan fingerprint density at radius 1 is 1.24 bits per heavy atom. The molecule has 0 bridgehead atoms. The van der Waals surface area contributed by atoms with Gasteiger partial charge in [0.15, 0.2) is 11.5 Å². The van der Waals surface area contributed by atoms with Crippen LogP contribution in [0.1, 0.15) is 12.8 Å². The van der Waals surface area contributed by atoms with Gasteiger partial charge in [-0.1, -0.05) is 5.11 Å². The van der Waals surface area contributed by atoms with Crippen molar-refractivity contribution in [2.24, 2.45) is 5.11 Å². The third-order valence-corrected chi connectivity index (χ3v) is 4.32. The lowest BCUT2D eigenvalue weighted by Crippen LogP contribution is -2.25. The highest BCUT2D eigenvalue weighted by Crippen LogP contribution is 2.32. The third-order valence-electron chi connectivity index (χ3n) is 2.86. The van der Waals surface area contributed by atoms with Gasteiger partial charge in [0.1, 0.15) is 13.2 Å². The van der Waals surface area contributed by atoms with E-state index in [0.717, 1.165) is 0 Å². The molecule has 9 heteroatoms. The first-order chi connectivity index (χ1) is 10.1. The van der Waals surface area contributed by atoms with Crippen LogP contribution < -0.4 is 14.2 Å². The molecule has 21 heavy (non-hydrogen) atoms. The number of ether oxygens (including phenoxy) is 2. The van der Waals surface area contributed by atoms with E-state index in [9.17, 15) is 8.42 Å². The van der Waals surface area contributed by atoms with Gasteiger partial charge in [0.2, 0.25) is 10.0 Å². The average Bonchev–Trinajstić information content (AvgIpc) is 2.50. The van der Waals surface area contributed by atoms with E-state index >= 15 is 0 Å². The number of unbranched alkanes of at least 4 members (excludes halogenated alkanes) is 1. The van der Waals surface area contributed by atoms with Gasteiger partial charge in [-0.15, -0.1) is 0 Å². The Hall–Kier alpha value is -1.96. The molecule has 0 fully saturated rings. The zero-order chi connectivity index (χ0) is 15.1. The molecule has 0 spiro atoms. The molecule has 1 aliphatic rings. The number of hydrogen-bond donors (Lipinski definition) is 1. The average molecular weight is 312 g/mol. The van der Waals surface area contributed by atoms with Crippen molar-refractivity contribution in [3.05, 3.63) is 28.6 Å². The SMILES string of the molecule is [N-]=[N+]=NCCCCNS(=O)(=O)c1ccc2c(c1)OCCO2. The molecule has 0 radical (unpaired) electrons. The van der Waals surface area contributed by atoms with E-state index in [2.05, 4.69) is 14.7 Å². The number of azide groups is 1. The molecule has 0 aliphatic carbocycles. The van der Waals surface area contributed by atoms with E-state index in [4.69, 9.17) is 15.0 Å². The number of nitrogens with zero attached hydrogens (tertiary/aromatic N) is 3. The molecule has 1 aromatic rings. The molecule has 1 N–H and O–H groups in total. The largest absolute Gasteiger partial charge is 0.486 e. The van der Waals surface area contributed by atoms with Crippen molar-refractivity contribution in [3.8, 4) is 11.5 Å². The Morgan fingerprint density at radius 3 is 2.76 bits per heavy atom. The first-order valence-electron chi connectivity index (χ1n) is 6.53. The lowest BCUT2D eigenvalue weighted by atomic mass is 10.3. The number of hydrogen-bond acceptors (Lipinski definition) is 5. The molecule has 0 saturated heterocycles.